The quantitative estimate of drug-likeness (QED) is 0.806. The highest BCUT2D eigenvalue weighted by molar-refractivity contribution is 6.74. The second-order valence-corrected chi connectivity index (χ2v) is 12.9. The fraction of sp³-hybridized carbons (Fsp3) is 1.00. The minimum atomic E-state index is -1.73. The number of hydrogen-bond donors (Lipinski definition) is 1. The molecule has 0 aromatic rings. The van der Waals surface area contributed by atoms with Crippen molar-refractivity contribution in [1.82, 2.24) is 4.90 Å². The average Bonchev–Trinajstić information content (AvgIpc) is 2.74. The second kappa shape index (κ2) is 5.13. The Morgan fingerprint density at radius 2 is 1.74 bits per heavy atom. The molecule has 2 rings (SSSR count). The minimum absolute atomic E-state index is 0.220. The molecule has 0 aromatic heterocycles. The number of likely N-dealkylation sites (tertiary alicyclic amines) is 1. The van der Waals surface area contributed by atoms with Crippen LogP contribution in [-0.4, -0.2) is 49.7 Å². The summed E-state index contributed by atoms with van der Waals surface area (Å²) in [6.07, 6.45) is 5.36. The standard InChI is InChI=1S/C15H31NO2Si/c1-14(2,3)19(4,5)18-12-15(17)10-16(11-15)13-8-6-7-9-13/h13,17H,6-12H2,1-5H3. The average molecular weight is 286 g/mol. The lowest BCUT2D eigenvalue weighted by atomic mass is 9.93. The van der Waals surface area contributed by atoms with Crippen molar-refractivity contribution in [2.45, 2.75) is 76.2 Å². The van der Waals surface area contributed by atoms with Gasteiger partial charge in [0, 0.05) is 19.1 Å². The Hall–Kier alpha value is 0.0969. The molecule has 1 saturated heterocycles. The molecule has 0 amide bonds. The highest BCUT2D eigenvalue weighted by Gasteiger charge is 2.47. The van der Waals surface area contributed by atoms with Crippen molar-refractivity contribution in [3.05, 3.63) is 0 Å². The Bertz CT molecular complexity index is 313. The van der Waals surface area contributed by atoms with E-state index < -0.39 is 13.9 Å². The Morgan fingerprint density at radius 3 is 2.21 bits per heavy atom. The number of hydrogen-bond acceptors (Lipinski definition) is 3. The van der Waals surface area contributed by atoms with E-state index >= 15 is 0 Å². The monoisotopic (exact) mass is 285 g/mol. The predicted octanol–water partition coefficient (Wildman–Crippen LogP) is 3.00. The molecule has 1 N–H and O–H groups in total. The lowest BCUT2D eigenvalue weighted by Gasteiger charge is -2.50. The van der Waals surface area contributed by atoms with Gasteiger partial charge in [0.05, 0.1) is 6.61 Å². The molecule has 0 bridgehead atoms. The first-order valence-corrected chi connectivity index (χ1v) is 10.6. The SMILES string of the molecule is CC(C)(C)[Si](C)(C)OCC1(O)CN(C2CCCC2)C1. The third-order valence-corrected chi connectivity index (χ3v) is 9.82. The third kappa shape index (κ3) is 3.41. The van der Waals surface area contributed by atoms with Gasteiger partial charge < -0.3 is 9.53 Å². The number of β-amino-alcohol motifs (C(OH)–C–C–N with tert-alkyl or cyclic N) is 1. The number of nitrogens with zero attached hydrogens (tertiary/aromatic N) is 1. The summed E-state index contributed by atoms with van der Waals surface area (Å²) >= 11 is 0. The Balaban J connectivity index is 1.78. The van der Waals surface area contributed by atoms with Crippen LogP contribution in [-0.2, 0) is 4.43 Å². The molecule has 1 heterocycles. The van der Waals surface area contributed by atoms with E-state index in [9.17, 15) is 5.11 Å². The van der Waals surface area contributed by atoms with E-state index in [4.69, 9.17) is 4.43 Å². The van der Waals surface area contributed by atoms with E-state index in [1.54, 1.807) is 0 Å². The van der Waals surface area contributed by atoms with Crippen LogP contribution in [0.15, 0.2) is 0 Å². The largest absolute Gasteiger partial charge is 0.414 e. The van der Waals surface area contributed by atoms with Crippen LogP contribution < -0.4 is 0 Å². The van der Waals surface area contributed by atoms with Crippen molar-refractivity contribution < 1.29 is 9.53 Å². The molecule has 2 fully saturated rings. The first-order chi connectivity index (χ1) is 8.63. The molecule has 1 saturated carbocycles. The number of aliphatic hydroxyl groups is 1. The summed E-state index contributed by atoms with van der Waals surface area (Å²) in [5.74, 6) is 0. The summed E-state index contributed by atoms with van der Waals surface area (Å²) in [6.45, 7) is 13.4. The van der Waals surface area contributed by atoms with E-state index in [2.05, 4.69) is 38.8 Å². The zero-order chi connectivity index (χ0) is 14.3. The molecule has 0 aromatic carbocycles. The van der Waals surface area contributed by atoms with Crippen molar-refractivity contribution in [2.75, 3.05) is 19.7 Å². The summed E-state index contributed by atoms with van der Waals surface area (Å²) in [4.78, 5) is 2.45. The van der Waals surface area contributed by atoms with E-state index in [1.807, 2.05) is 0 Å². The van der Waals surface area contributed by atoms with Gasteiger partial charge in [-0.2, -0.15) is 0 Å². The molecule has 1 aliphatic carbocycles. The Morgan fingerprint density at radius 1 is 1.21 bits per heavy atom. The van der Waals surface area contributed by atoms with Gasteiger partial charge in [0.1, 0.15) is 5.60 Å². The van der Waals surface area contributed by atoms with E-state index in [1.165, 1.54) is 25.7 Å². The van der Waals surface area contributed by atoms with Crippen LogP contribution in [0.5, 0.6) is 0 Å². The van der Waals surface area contributed by atoms with Gasteiger partial charge in [0.15, 0.2) is 8.32 Å². The van der Waals surface area contributed by atoms with Gasteiger partial charge in [-0.25, -0.2) is 0 Å². The van der Waals surface area contributed by atoms with E-state index in [0.29, 0.717) is 6.61 Å². The summed E-state index contributed by atoms with van der Waals surface area (Å²) in [6, 6.07) is 0.730. The van der Waals surface area contributed by atoms with Crippen LogP contribution in [0.1, 0.15) is 46.5 Å². The molecule has 3 nitrogen and oxygen atoms in total. The van der Waals surface area contributed by atoms with Crippen molar-refractivity contribution >= 4 is 8.32 Å². The zero-order valence-electron chi connectivity index (χ0n) is 13.3. The normalized spacial score (nSPS) is 25.6. The van der Waals surface area contributed by atoms with Crippen LogP contribution in [0.3, 0.4) is 0 Å². The molecule has 19 heavy (non-hydrogen) atoms. The topological polar surface area (TPSA) is 32.7 Å². The van der Waals surface area contributed by atoms with Gasteiger partial charge >= 0.3 is 0 Å². The maximum Gasteiger partial charge on any atom is 0.192 e. The summed E-state index contributed by atoms with van der Waals surface area (Å²) in [5.41, 5.74) is -0.585. The lowest BCUT2D eigenvalue weighted by Crippen LogP contribution is -2.67. The molecule has 1 aliphatic heterocycles. The molecule has 2 aliphatic rings. The maximum absolute atomic E-state index is 10.5. The van der Waals surface area contributed by atoms with Gasteiger partial charge in [-0.15, -0.1) is 0 Å². The minimum Gasteiger partial charge on any atom is -0.414 e. The van der Waals surface area contributed by atoms with Gasteiger partial charge in [0.2, 0.25) is 0 Å². The van der Waals surface area contributed by atoms with Gasteiger partial charge in [-0.1, -0.05) is 33.6 Å². The smallest absolute Gasteiger partial charge is 0.192 e. The Kier molecular flexibility index (Phi) is 4.18. The Labute approximate surface area is 119 Å². The van der Waals surface area contributed by atoms with Crippen molar-refractivity contribution in [2.24, 2.45) is 0 Å². The molecule has 0 atom stereocenters. The van der Waals surface area contributed by atoms with E-state index in [0.717, 1.165) is 19.1 Å². The van der Waals surface area contributed by atoms with Gasteiger partial charge in [-0.3, -0.25) is 4.90 Å². The molecule has 0 spiro atoms. The maximum atomic E-state index is 10.5. The first kappa shape index (κ1) is 15.5. The lowest BCUT2D eigenvalue weighted by molar-refractivity contribution is -0.136. The highest BCUT2D eigenvalue weighted by Crippen LogP contribution is 2.38. The van der Waals surface area contributed by atoms with Crippen molar-refractivity contribution in [3.8, 4) is 0 Å². The molecule has 0 radical (unpaired) electrons. The van der Waals surface area contributed by atoms with E-state index in [-0.39, 0.29) is 5.04 Å². The van der Waals surface area contributed by atoms with Crippen LogP contribution in [0.2, 0.25) is 18.1 Å². The summed E-state index contributed by atoms with van der Waals surface area (Å²) < 4.78 is 6.17. The highest BCUT2D eigenvalue weighted by atomic mass is 28.4. The van der Waals surface area contributed by atoms with Crippen molar-refractivity contribution in [3.63, 3.8) is 0 Å². The second-order valence-electron chi connectivity index (χ2n) is 8.12. The summed E-state index contributed by atoms with van der Waals surface area (Å²) in [7, 11) is -1.73. The molecule has 112 valence electrons. The molecular weight excluding hydrogens is 254 g/mol. The first-order valence-electron chi connectivity index (χ1n) is 7.73. The third-order valence-electron chi connectivity index (χ3n) is 5.34. The predicted molar refractivity (Wildman–Crippen MR) is 81.9 cm³/mol. The van der Waals surface area contributed by atoms with Gasteiger partial charge in [-0.05, 0) is 31.0 Å². The van der Waals surface area contributed by atoms with Crippen LogP contribution in [0, 0.1) is 0 Å². The molecule has 4 heteroatoms. The van der Waals surface area contributed by atoms with Crippen LogP contribution >= 0.6 is 0 Å². The summed E-state index contributed by atoms with van der Waals surface area (Å²) in [5, 5.41) is 10.7. The van der Waals surface area contributed by atoms with Crippen LogP contribution in [0.4, 0.5) is 0 Å². The van der Waals surface area contributed by atoms with Gasteiger partial charge in [0.25, 0.3) is 0 Å². The number of rotatable bonds is 4. The fourth-order valence-corrected chi connectivity index (χ4v) is 3.92. The molecule has 0 unspecified atom stereocenters. The molecular formula is C15H31NO2Si. The zero-order valence-corrected chi connectivity index (χ0v) is 14.3. The fourth-order valence-electron chi connectivity index (χ4n) is 2.86. The van der Waals surface area contributed by atoms with Crippen molar-refractivity contribution in [1.29, 1.82) is 0 Å². The van der Waals surface area contributed by atoms with Crippen LogP contribution in [0.25, 0.3) is 0 Å².